The van der Waals surface area contributed by atoms with Gasteiger partial charge in [0.15, 0.2) is 5.65 Å². The van der Waals surface area contributed by atoms with Gasteiger partial charge in [0.1, 0.15) is 10.8 Å². The van der Waals surface area contributed by atoms with Gasteiger partial charge in [-0.25, -0.2) is 13.9 Å². The molecule has 2 aromatic heterocycles. The van der Waals surface area contributed by atoms with E-state index in [0.29, 0.717) is 11.4 Å². The van der Waals surface area contributed by atoms with E-state index in [1.54, 1.807) is 22.8 Å². The summed E-state index contributed by atoms with van der Waals surface area (Å²) in [5.74, 6) is 0.0325. The van der Waals surface area contributed by atoms with Gasteiger partial charge in [0, 0.05) is 17.3 Å². The second kappa shape index (κ2) is 7.86. The van der Waals surface area contributed by atoms with Gasteiger partial charge in [-0.1, -0.05) is 30.8 Å². The van der Waals surface area contributed by atoms with E-state index in [0.717, 1.165) is 28.3 Å². The molecule has 7 heteroatoms. The molecule has 136 valence electrons. The SMILES string of the molecule is CC[C@H](C)NC(=O)CSc1cc(C)nc2c(-c3ccc(F)cc3)cnn12. The quantitative estimate of drug-likeness (QED) is 0.527. The summed E-state index contributed by atoms with van der Waals surface area (Å²) in [6, 6.07) is 8.34. The Bertz CT molecular complexity index is 923. The topological polar surface area (TPSA) is 59.3 Å². The van der Waals surface area contributed by atoms with E-state index in [1.165, 1.54) is 23.9 Å². The third kappa shape index (κ3) is 4.04. The van der Waals surface area contributed by atoms with Crippen molar-refractivity contribution < 1.29 is 9.18 Å². The van der Waals surface area contributed by atoms with Crippen LogP contribution in [0.4, 0.5) is 4.39 Å². The Hall–Kier alpha value is -2.41. The number of carbonyl (C=O) groups excluding carboxylic acids is 1. The fourth-order valence-electron chi connectivity index (χ4n) is 2.54. The normalized spacial score (nSPS) is 12.3. The molecule has 0 saturated heterocycles. The van der Waals surface area contributed by atoms with Gasteiger partial charge in [0.2, 0.25) is 5.91 Å². The molecule has 0 aliphatic rings. The van der Waals surface area contributed by atoms with Crippen molar-refractivity contribution in [1.82, 2.24) is 19.9 Å². The largest absolute Gasteiger partial charge is 0.353 e. The maximum atomic E-state index is 13.2. The molecule has 0 aliphatic carbocycles. The van der Waals surface area contributed by atoms with Crippen molar-refractivity contribution in [3.63, 3.8) is 0 Å². The van der Waals surface area contributed by atoms with Crippen LogP contribution in [0.15, 0.2) is 41.6 Å². The van der Waals surface area contributed by atoms with E-state index in [2.05, 4.69) is 15.4 Å². The first-order chi connectivity index (χ1) is 12.5. The Morgan fingerprint density at radius 3 is 2.77 bits per heavy atom. The molecule has 3 rings (SSSR count). The molecular weight excluding hydrogens is 351 g/mol. The van der Waals surface area contributed by atoms with Gasteiger partial charge in [0.25, 0.3) is 0 Å². The number of benzene rings is 1. The van der Waals surface area contributed by atoms with Crippen LogP contribution < -0.4 is 5.32 Å². The molecule has 5 nitrogen and oxygen atoms in total. The van der Waals surface area contributed by atoms with E-state index >= 15 is 0 Å². The van der Waals surface area contributed by atoms with Crippen LogP contribution in [0.5, 0.6) is 0 Å². The lowest BCUT2D eigenvalue weighted by Gasteiger charge is -2.11. The number of hydrogen-bond donors (Lipinski definition) is 1. The number of nitrogens with zero attached hydrogens (tertiary/aromatic N) is 3. The first-order valence-corrected chi connectivity index (χ1v) is 9.50. The summed E-state index contributed by atoms with van der Waals surface area (Å²) in [5.41, 5.74) is 3.22. The molecule has 3 aromatic rings. The third-order valence-electron chi connectivity index (χ3n) is 4.09. The Morgan fingerprint density at radius 1 is 1.35 bits per heavy atom. The number of halogens is 1. The van der Waals surface area contributed by atoms with Gasteiger partial charge < -0.3 is 5.32 Å². The molecule has 1 N–H and O–H groups in total. The Kier molecular flexibility index (Phi) is 5.56. The summed E-state index contributed by atoms with van der Waals surface area (Å²) in [5, 5.41) is 8.23. The predicted octanol–water partition coefficient (Wildman–Crippen LogP) is 3.85. The fraction of sp³-hybridized carbons (Fsp3) is 0.316. The van der Waals surface area contributed by atoms with Gasteiger partial charge in [-0.3, -0.25) is 4.79 Å². The average molecular weight is 372 g/mol. The smallest absolute Gasteiger partial charge is 0.230 e. The van der Waals surface area contributed by atoms with Gasteiger partial charge >= 0.3 is 0 Å². The predicted molar refractivity (Wildman–Crippen MR) is 102 cm³/mol. The highest BCUT2D eigenvalue weighted by molar-refractivity contribution is 7.99. The zero-order valence-corrected chi connectivity index (χ0v) is 15.8. The maximum Gasteiger partial charge on any atom is 0.230 e. The Morgan fingerprint density at radius 2 is 2.08 bits per heavy atom. The van der Waals surface area contributed by atoms with Crippen LogP contribution >= 0.6 is 11.8 Å². The molecule has 0 fully saturated rings. The van der Waals surface area contributed by atoms with E-state index in [9.17, 15) is 9.18 Å². The number of rotatable bonds is 6. The van der Waals surface area contributed by atoms with E-state index in [1.807, 2.05) is 26.8 Å². The number of aryl methyl sites for hydroxylation is 1. The summed E-state index contributed by atoms with van der Waals surface area (Å²) in [6.07, 6.45) is 2.62. The second-order valence-corrected chi connectivity index (χ2v) is 7.20. The van der Waals surface area contributed by atoms with E-state index in [-0.39, 0.29) is 17.8 Å². The number of amides is 1. The van der Waals surface area contributed by atoms with Crippen LogP contribution in [0, 0.1) is 12.7 Å². The molecular formula is C19H21FN4OS. The van der Waals surface area contributed by atoms with Crippen molar-refractivity contribution >= 4 is 23.3 Å². The molecule has 0 radical (unpaired) electrons. The number of fused-ring (bicyclic) bond motifs is 1. The molecule has 1 aromatic carbocycles. The van der Waals surface area contributed by atoms with Crippen LogP contribution in [0.3, 0.4) is 0 Å². The van der Waals surface area contributed by atoms with E-state index in [4.69, 9.17) is 0 Å². The summed E-state index contributed by atoms with van der Waals surface area (Å²) in [7, 11) is 0. The first kappa shape index (κ1) is 18.4. The lowest BCUT2D eigenvalue weighted by molar-refractivity contribution is -0.119. The average Bonchev–Trinajstić information content (AvgIpc) is 3.04. The molecule has 0 aliphatic heterocycles. The maximum absolute atomic E-state index is 13.2. The summed E-state index contributed by atoms with van der Waals surface area (Å²) in [6.45, 7) is 5.93. The van der Waals surface area contributed by atoms with Crippen molar-refractivity contribution in [1.29, 1.82) is 0 Å². The standard InChI is InChI=1S/C19H21FN4OS/c1-4-12(2)22-17(25)11-26-18-9-13(3)23-19-16(10-21-24(18)19)14-5-7-15(20)8-6-14/h5-10,12H,4,11H2,1-3H3,(H,22,25)/t12-/m0/s1. The van der Waals surface area contributed by atoms with Crippen LogP contribution in [0.25, 0.3) is 16.8 Å². The monoisotopic (exact) mass is 372 g/mol. The van der Waals surface area contributed by atoms with Crippen LogP contribution in [0.1, 0.15) is 26.0 Å². The first-order valence-electron chi connectivity index (χ1n) is 8.51. The van der Waals surface area contributed by atoms with Gasteiger partial charge in [-0.15, -0.1) is 0 Å². The molecule has 0 saturated carbocycles. The number of carbonyl (C=O) groups is 1. The molecule has 1 amide bonds. The third-order valence-corrected chi connectivity index (χ3v) is 5.09. The van der Waals surface area contributed by atoms with Gasteiger partial charge in [0.05, 0.1) is 11.9 Å². The minimum atomic E-state index is -0.280. The van der Waals surface area contributed by atoms with Crippen molar-refractivity contribution in [2.45, 2.75) is 38.3 Å². The highest BCUT2D eigenvalue weighted by Gasteiger charge is 2.14. The fourth-order valence-corrected chi connectivity index (χ4v) is 3.42. The number of thioether (sulfide) groups is 1. The lowest BCUT2D eigenvalue weighted by atomic mass is 10.1. The minimum absolute atomic E-state index is 0.00196. The number of nitrogens with one attached hydrogen (secondary N) is 1. The van der Waals surface area contributed by atoms with Crippen molar-refractivity contribution in [2.75, 3.05) is 5.75 Å². The van der Waals surface area contributed by atoms with Gasteiger partial charge in [-0.2, -0.15) is 5.10 Å². The zero-order valence-electron chi connectivity index (χ0n) is 15.0. The summed E-state index contributed by atoms with van der Waals surface area (Å²) >= 11 is 1.42. The van der Waals surface area contributed by atoms with E-state index < -0.39 is 0 Å². The number of hydrogen-bond acceptors (Lipinski definition) is 4. The summed E-state index contributed by atoms with van der Waals surface area (Å²) in [4.78, 5) is 16.6. The van der Waals surface area contributed by atoms with Crippen LogP contribution in [-0.2, 0) is 4.79 Å². The Balaban J connectivity index is 1.88. The van der Waals surface area contributed by atoms with Crippen LogP contribution in [0.2, 0.25) is 0 Å². The Labute approximate surface area is 156 Å². The zero-order chi connectivity index (χ0) is 18.7. The molecule has 0 unspecified atom stereocenters. The lowest BCUT2D eigenvalue weighted by Crippen LogP contribution is -2.33. The number of aromatic nitrogens is 3. The van der Waals surface area contributed by atoms with Crippen molar-refractivity contribution in [2.24, 2.45) is 0 Å². The molecule has 26 heavy (non-hydrogen) atoms. The van der Waals surface area contributed by atoms with Crippen molar-refractivity contribution in [3.05, 3.63) is 48.0 Å². The molecule has 0 spiro atoms. The van der Waals surface area contributed by atoms with Gasteiger partial charge in [-0.05, 0) is 44.0 Å². The highest BCUT2D eigenvalue weighted by Crippen LogP contribution is 2.27. The second-order valence-electron chi connectivity index (χ2n) is 6.20. The minimum Gasteiger partial charge on any atom is -0.353 e. The van der Waals surface area contributed by atoms with Crippen LogP contribution in [-0.4, -0.2) is 32.3 Å². The highest BCUT2D eigenvalue weighted by atomic mass is 32.2. The van der Waals surface area contributed by atoms with Crippen molar-refractivity contribution in [3.8, 4) is 11.1 Å². The molecule has 2 heterocycles. The summed E-state index contributed by atoms with van der Waals surface area (Å²) < 4.78 is 14.9. The molecule has 1 atom stereocenters. The molecule has 0 bridgehead atoms.